The van der Waals surface area contributed by atoms with Crippen LogP contribution in [-0.4, -0.2) is 48.8 Å². The van der Waals surface area contributed by atoms with Gasteiger partial charge >= 0.3 is 0 Å². The third-order valence-corrected chi connectivity index (χ3v) is 5.61. The van der Waals surface area contributed by atoms with Crippen molar-refractivity contribution in [3.8, 4) is 11.5 Å². The molecule has 2 heterocycles. The molecule has 1 aromatic heterocycles. The Bertz CT molecular complexity index is 765. The fraction of sp³-hybridized carbons (Fsp3) is 0.450. The summed E-state index contributed by atoms with van der Waals surface area (Å²) in [4.78, 5) is 14.7. The van der Waals surface area contributed by atoms with Crippen LogP contribution in [0.4, 0.5) is 0 Å². The number of nitrogens with one attached hydrogen (secondary N) is 1. The van der Waals surface area contributed by atoms with Gasteiger partial charge in [-0.15, -0.1) is 0 Å². The number of piperidine rings is 1. The zero-order chi connectivity index (χ0) is 19.3. The highest BCUT2D eigenvalue weighted by Gasteiger charge is 2.42. The second-order valence-electron chi connectivity index (χ2n) is 6.75. The molecule has 1 amide bonds. The summed E-state index contributed by atoms with van der Waals surface area (Å²) < 4.78 is 10.8. The zero-order valence-corrected chi connectivity index (χ0v) is 16.6. The van der Waals surface area contributed by atoms with Crippen molar-refractivity contribution >= 4 is 17.2 Å². The van der Waals surface area contributed by atoms with E-state index in [-0.39, 0.29) is 12.5 Å². The van der Waals surface area contributed by atoms with Crippen LogP contribution in [-0.2, 0) is 17.9 Å². The molecule has 2 N–H and O–H groups in total. The van der Waals surface area contributed by atoms with Gasteiger partial charge in [-0.05, 0) is 41.3 Å². The van der Waals surface area contributed by atoms with Crippen LogP contribution in [0.5, 0.6) is 11.5 Å². The molecule has 7 heteroatoms. The predicted molar refractivity (Wildman–Crippen MR) is 105 cm³/mol. The molecule has 146 valence electrons. The van der Waals surface area contributed by atoms with Gasteiger partial charge in [0, 0.05) is 31.7 Å². The van der Waals surface area contributed by atoms with E-state index in [0.717, 1.165) is 17.5 Å². The highest BCUT2D eigenvalue weighted by Crippen LogP contribution is 2.33. The Labute approximate surface area is 163 Å². The largest absolute Gasteiger partial charge is 0.493 e. The van der Waals surface area contributed by atoms with Gasteiger partial charge in [0.05, 0.1) is 14.2 Å². The maximum absolute atomic E-state index is 13.0. The van der Waals surface area contributed by atoms with Gasteiger partial charge in [0.25, 0.3) is 5.91 Å². The lowest BCUT2D eigenvalue weighted by Gasteiger charge is -2.38. The van der Waals surface area contributed by atoms with Gasteiger partial charge in [-0.3, -0.25) is 4.79 Å². The Morgan fingerprint density at radius 3 is 2.85 bits per heavy atom. The van der Waals surface area contributed by atoms with E-state index in [0.29, 0.717) is 37.6 Å². The molecule has 1 atom stereocenters. The molecule has 27 heavy (non-hydrogen) atoms. The Hall–Kier alpha value is -2.09. The molecule has 6 nitrogen and oxygen atoms in total. The van der Waals surface area contributed by atoms with Crippen molar-refractivity contribution in [2.45, 2.75) is 31.5 Å². The molecule has 0 unspecified atom stereocenters. The smallest absolute Gasteiger partial charge is 0.256 e. The number of benzene rings is 1. The normalized spacial score (nSPS) is 20.0. The maximum atomic E-state index is 13.0. The van der Waals surface area contributed by atoms with Crippen LogP contribution in [0.25, 0.3) is 0 Å². The van der Waals surface area contributed by atoms with E-state index in [9.17, 15) is 9.90 Å². The first-order valence-corrected chi connectivity index (χ1v) is 9.95. The van der Waals surface area contributed by atoms with E-state index in [4.69, 9.17) is 9.47 Å². The molecular formula is C20H26N2O4S. The van der Waals surface area contributed by atoms with Crippen molar-refractivity contribution in [1.82, 2.24) is 10.2 Å². The van der Waals surface area contributed by atoms with E-state index in [1.807, 2.05) is 29.6 Å². The van der Waals surface area contributed by atoms with Crippen molar-refractivity contribution in [2.24, 2.45) is 0 Å². The zero-order valence-electron chi connectivity index (χ0n) is 15.7. The minimum Gasteiger partial charge on any atom is -0.493 e. The molecule has 3 rings (SSSR count). The standard InChI is InChI=1S/C20H26N2O4S/c1-25-17-6-3-5-16(18(17)26-2)12-22-9-4-8-20(24,19(22)23)14-21-11-15-7-10-27-13-15/h3,5-7,10,13,21,24H,4,8-9,11-12,14H2,1-2H3/t20-/m1/s1. The van der Waals surface area contributed by atoms with Crippen molar-refractivity contribution < 1.29 is 19.4 Å². The average molecular weight is 391 g/mol. The summed E-state index contributed by atoms with van der Waals surface area (Å²) in [6, 6.07) is 7.65. The van der Waals surface area contributed by atoms with Gasteiger partial charge in [-0.2, -0.15) is 11.3 Å². The summed E-state index contributed by atoms with van der Waals surface area (Å²) in [5, 5.41) is 18.2. The fourth-order valence-corrected chi connectivity index (χ4v) is 4.14. The third kappa shape index (κ3) is 4.43. The molecular weight excluding hydrogens is 364 g/mol. The Balaban J connectivity index is 1.67. The van der Waals surface area contributed by atoms with E-state index >= 15 is 0 Å². The first-order valence-electron chi connectivity index (χ1n) is 9.01. The Morgan fingerprint density at radius 1 is 1.30 bits per heavy atom. The topological polar surface area (TPSA) is 71.0 Å². The number of amides is 1. The number of nitrogens with zero attached hydrogens (tertiary/aromatic N) is 1. The van der Waals surface area contributed by atoms with E-state index in [2.05, 4.69) is 10.7 Å². The number of carbonyl (C=O) groups is 1. The average Bonchev–Trinajstić information content (AvgIpc) is 3.19. The van der Waals surface area contributed by atoms with Crippen LogP contribution >= 0.6 is 11.3 Å². The van der Waals surface area contributed by atoms with Crippen LogP contribution in [0.3, 0.4) is 0 Å². The lowest BCUT2D eigenvalue weighted by atomic mass is 9.91. The SMILES string of the molecule is COc1cccc(CN2CCC[C@@](O)(CNCc3ccsc3)C2=O)c1OC. The Morgan fingerprint density at radius 2 is 2.15 bits per heavy atom. The van der Waals surface area contributed by atoms with Crippen molar-refractivity contribution in [2.75, 3.05) is 27.3 Å². The summed E-state index contributed by atoms with van der Waals surface area (Å²) in [7, 11) is 3.18. The molecule has 0 aliphatic carbocycles. The van der Waals surface area contributed by atoms with Crippen LogP contribution in [0.2, 0.25) is 0 Å². The van der Waals surface area contributed by atoms with Gasteiger partial charge < -0.3 is 24.8 Å². The third-order valence-electron chi connectivity index (χ3n) is 4.88. The van der Waals surface area contributed by atoms with Crippen molar-refractivity contribution in [3.63, 3.8) is 0 Å². The number of aliphatic hydroxyl groups is 1. The highest BCUT2D eigenvalue weighted by atomic mass is 32.1. The molecule has 2 aromatic rings. The second-order valence-corrected chi connectivity index (χ2v) is 7.53. The number of carbonyl (C=O) groups excluding carboxylic acids is 1. The van der Waals surface area contributed by atoms with E-state index in [1.54, 1.807) is 30.5 Å². The Kier molecular flexibility index (Phi) is 6.36. The maximum Gasteiger partial charge on any atom is 0.256 e. The lowest BCUT2D eigenvalue weighted by Crippen LogP contribution is -2.57. The highest BCUT2D eigenvalue weighted by molar-refractivity contribution is 7.07. The van der Waals surface area contributed by atoms with Crippen LogP contribution in [0, 0.1) is 0 Å². The summed E-state index contributed by atoms with van der Waals surface area (Å²) >= 11 is 1.63. The first-order chi connectivity index (χ1) is 13.1. The van der Waals surface area contributed by atoms with Crippen LogP contribution in [0.1, 0.15) is 24.0 Å². The van der Waals surface area contributed by atoms with Crippen LogP contribution in [0.15, 0.2) is 35.0 Å². The lowest BCUT2D eigenvalue weighted by molar-refractivity contribution is -0.157. The quantitative estimate of drug-likeness (QED) is 0.724. The molecule has 0 saturated carbocycles. The minimum atomic E-state index is -1.37. The summed E-state index contributed by atoms with van der Waals surface area (Å²) in [5.74, 6) is 1.01. The molecule has 0 radical (unpaired) electrons. The number of rotatable bonds is 8. The summed E-state index contributed by atoms with van der Waals surface area (Å²) in [5.41, 5.74) is 0.644. The van der Waals surface area contributed by atoms with Crippen molar-refractivity contribution in [3.05, 3.63) is 46.2 Å². The minimum absolute atomic E-state index is 0.239. The first kappa shape index (κ1) is 19.7. The van der Waals surface area contributed by atoms with Gasteiger partial charge in [0.2, 0.25) is 0 Å². The number of likely N-dealkylation sites (tertiary alicyclic amines) is 1. The number of methoxy groups -OCH3 is 2. The molecule has 1 saturated heterocycles. The molecule has 1 fully saturated rings. The van der Waals surface area contributed by atoms with Gasteiger partial charge in [-0.1, -0.05) is 12.1 Å². The summed E-state index contributed by atoms with van der Waals surface area (Å²) in [6.07, 6.45) is 1.23. The van der Waals surface area contributed by atoms with Gasteiger partial charge in [0.15, 0.2) is 17.1 Å². The van der Waals surface area contributed by atoms with Crippen LogP contribution < -0.4 is 14.8 Å². The molecule has 0 bridgehead atoms. The monoisotopic (exact) mass is 390 g/mol. The number of thiophene rings is 1. The number of para-hydroxylation sites is 1. The van der Waals surface area contributed by atoms with Crippen molar-refractivity contribution in [1.29, 1.82) is 0 Å². The molecule has 1 aliphatic heterocycles. The second kappa shape index (κ2) is 8.73. The molecule has 1 aromatic carbocycles. The molecule has 1 aliphatic rings. The number of hydrogen-bond donors (Lipinski definition) is 2. The van der Waals surface area contributed by atoms with Gasteiger partial charge in [-0.25, -0.2) is 0 Å². The fourth-order valence-electron chi connectivity index (χ4n) is 3.47. The van der Waals surface area contributed by atoms with Gasteiger partial charge in [0.1, 0.15) is 0 Å². The van der Waals surface area contributed by atoms with E-state index in [1.165, 1.54) is 0 Å². The van der Waals surface area contributed by atoms with E-state index < -0.39 is 5.60 Å². The number of ether oxygens (including phenoxy) is 2. The number of hydrogen-bond acceptors (Lipinski definition) is 6. The summed E-state index contributed by atoms with van der Waals surface area (Å²) in [6.45, 7) is 1.88. The predicted octanol–water partition coefficient (Wildman–Crippen LogP) is 2.41. The molecule has 0 spiro atoms.